The number of alkyl halides is 3. The largest absolute Gasteiger partial charge is 0.418 e. The van der Waals surface area contributed by atoms with Gasteiger partial charge in [0.1, 0.15) is 6.33 Å². The summed E-state index contributed by atoms with van der Waals surface area (Å²) < 4.78 is 38.1. The van der Waals surface area contributed by atoms with E-state index in [1.54, 1.807) is 6.07 Å². The average molecular weight is 296 g/mol. The summed E-state index contributed by atoms with van der Waals surface area (Å²) in [6, 6.07) is 4.78. The fourth-order valence-corrected chi connectivity index (χ4v) is 1.70. The van der Waals surface area contributed by atoms with E-state index in [1.165, 1.54) is 18.6 Å². The first-order valence-corrected chi connectivity index (χ1v) is 5.88. The van der Waals surface area contributed by atoms with E-state index in [-0.39, 0.29) is 12.1 Å². The molecule has 3 N–H and O–H groups in total. The summed E-state index contributed by atoms with van der Waals surface area (Å²) in [5, 5.41) is 2.46. The Balaban J connectivity index is 2.17. The summed E-state index contributed by atoms with van der Waals surface area (Å²) in [6.07, 6.45) is -1.81. The highest BCUT2D eigenvalue weighted by Gasteiger charge is 2.34. The molecule has 2 rings (SSSR count). The van der Waals surface area contributed by atoms with E-state index in [4.69, 9.17) is 5.73 Å². The maximum atomic E-state index is 12.7. The van der Waals surface area contributed by atoms with Gasteiger partial charge in [0.15, 0.2) is 0 Å². The van der Waals surface area contributed by atoms with Gasteiger partial charge in [0.25, 0.3) is 5.91 Å². The van der Waals surface area contributed by atoms with Crippen molar-refractivity contribution < 1.29 is 18.0 Å². The highest BCUT2D eigenvalue weighted by atomic mass is 19.4. The molecule has 2 aromatic rings. The van der Waals surface area contributed by atoms with Crippen LogP contribution in [-0.2, 0) is 12.7 Å². The Hall–Kier alpha value is -2.64. The summed E-state index contributed by atoms with van der Waals surface area (Å²) in [4.78, 5) is 19.5. The average Bonchev–Trinajstić information content (AvgIpc) is 2.45. The van der Waals surface area contributed by atoms with Crippen LogP contribution in [0.4, 0.5) is 18.9 Å². The lowest BCUT2D eigenvalue weighted by Gasteiger charge is -2.13. The van der Waals surface area contributed by atoms with E-state index < -0.39 is 23.3 Å². The van der Waals surface area contributed by atoms with Crippen LogP contribution in [0.1, 0.15) is 21.6 Å². The third kappa shape index (κ3) is 3.47. The van der Waals surface area contributed by atoms with Gasteiger partial charge in [-0.05, 0) is 18.2 Å². The fraction of sp³-hybridized carbons (Fsp3) is 0.154. The predicted octanol–water partition coefficient (Wildman–Crippen LogP) is 2.01. The molecule has 1 amide bonds. The second-order valence-corrected chi connectivity index (χ2v) is 4.15. The number of nitrogen functional groups attached to an aromatic ring is 1. The van der Waals surface area contributed by atoms with Crippen molar-refractivity contribution in [3.05, 3.63) is 53.6 Å². The summed E-state index contributed by atoms with van der Waals surface area (Å²) >= 11 is 0. The lowest BCUT2D eigenvalue weighted by molar-refractivity contribution is -0.136. The standard InChI is InChI=1S/C13H11F3N4O/c14-13(15,16)10-3-1-2-9(11(10)17)12(21)19-6-8-4-5-18-7-20-8/h1-5,7H,6,17H2,(H,19,21). The number of amides is 1. The van der Waals surface area contributed by atoms with Gasteiger partial charge in [0, 0.05) is 6.20 Å². The van der Waals surface area contributed by atoms with Crippen molar-refractivity contribution in [2.75, 3.05) is 5.73 Å². The molecule has 21 heavy (non-hydrogen) atoms. The number of anilines is 1. The van der Waals surface area contributed by atoms with E-state index in [2.05, 4.69) is 15.3 Å². The topological polar surface area (TPSA) is 80.9 Å². The Morgan fingerprint density at radius 1 is 1.29 bits per heavy atom. The zero-order valence-corrected chi connectivity index (χ0v) is 10.7. The maximum absolute atomic E-state index is 12.7. The van der Waals surface area contributed by atoms with Gasteiger partial charge in [-0.3, -0.25) is 4.79 Å². The molecule has 0 saturated carbocycles. The molecular formula is C13H11F3N4O. The third-order valence-electron chi connectivity index (χ3n) is 2.73. The van der Waals surface area contributed by atoms with Gasteiger partial charge in [0.05, 0.1) is 29.1 Å². The molecule has 0 saturated heterocycles. The van der Waals surface area contributed by atoms with Crippen molar-refractivity contribution in [2.24, 2.45) is 0 Å². The molecule has 0 atom stereocenters. The minimum atomic E-state index is -4.60. The van der Waals surface area contributed by atoms with Crippen LogP contribution in [0.25, 0.3) is 0 Å². The van der Waals surface area contributed by atoms with Crippen LogP contribution >= 0.6 is 0 Å². The van der Waals surface area contributed by atoms with E-state index in [0.717, 1.165) is 12.1 Å². The van der Waals surface area contributed by atoms with Crippen LogP contribution in [0.3, 0.4) is 0 Å². The number of aromatic nitrogens is 2. The molecule has 8 heteroatoms. The Morgan fingerprint density at radius 2 is 2.05 bits per heavy atom. The number of carbonyl (C=O) groups excluding carboxylic acids is 1. The predicted molar refractivity (Wildman–Crippen MR) is 69.1 cm³/mol. The molecule has 0 spiro atoms. The summed E-state index contributed by atoms with van der Waals surface area (Å²) in [6.45, 7) is 0.0665. The smallest absolute Gasteiger partial charge is 0.398 e. The van der Waals surface area contributed by atoms with Crippen LogP contribution in [-0.4, -0.2) is 15.9 Å². The number of nitrogens with one attached hydrogen (secondary N) is 1. The Bertz CT molecular complexity index is 644. The molecule has 5 nitrogen and oxygen atoms in total. The van der Waals surface area contributed by atoms with Crippen LogP contribution in [0.2, 0.25) is 0 Å². The zero-order valence-electron chi connectivity index (χ0n) is 10.7. The zero-order chi connectivity index (χ0) is 15.5. The molecule has 0 aliphatic heterocycles. The summed E-state index contributed by atoms with van der Waals surface area (Å²) in [5.41, 5.74) is 4.12. The van der Waals surface area contributed by atoms with Crippen LogP contribution in [0.5, 0.6) is 0 Å². The lowest BCUT2D eigenvalue weighted by Crippen LogP contribution is -2.25. The van der Waals surface area contributed by atoms with Crippen molar-refractivity contribution >= 4 is 11.6 Å². The molecule has 0 unspecified atom stereocenters. The number of rotatable bonds is 3. The van der Waals surface area contributed by atoms with Crippen molar-refractivity contribution in [1.29, 1.82) is 0 Å². The number of para-hydroxylation sites is 1. The number of nitrogens with two attached hydrogens (primary N) is 1. The van der Waals surface area contributed by atoms with Gasteiger partial charge in [-0.15, -0.1) is 0 Å². The quantitative estimate of drug-likeness (QED) is 0.849. The van der Waals surface area contributed by atoms with Crippen LogP contribution < -0.4 is 11.1 Å². The lowest BCUT2D eigenvalue weighted by atomic mass is 10.1. The molecule has 0 aliphatic carbocycles. The molecular weight excluding hydrogens is 285 g/mol. The highest BCUT2D eigenvalue weighted by Crippen LogP contribution is 2.34. The van der Waals surface area contributed by atoms with Gasteiger partial charge in [-0.1, -0.05) is 6.07 Å². The van der Waals surface area contributed by atoms with E-state index in [1.807, 2.05) is 0 Å². The second kappa shape index (κ2) is 5.78. The minimum Gasteiger partial charge on any atom is -0.398 e. The number of hydrogen-bond donors (Lipinski definition) is 2. The van der Waals surface area contributed by atoms with E-state index in [9.17, 15) is 18.0 Å². The third-order valence-corrected chi connectivity index (χ3v) is 2.73. The number of hydrogen-bond acceptors (Lipinski definition) is 4. The molecule has 0 bridgehead atoms. The molecule has 0 aliphatic rings. The van der Waals surface area contributed by atoms with Crippen molar-refractivity contribution in [3.63, 3.8) is 0 Å². The van der Waals surface area contributed by atoms with Gasteiger partial charge < -0.3 is 11.1 Å². The summed E-state index contributed by atoms with van der Waals surface area (Å²) in [7, 11) is 0. The fourth-order valence-electron chi connectivity index (χ4n) is 1.70. The molecule has 1 aromatic carbocycles. The first kappa shape index (κ1) is 14.8. The Morgan fingerprint density at radius 3 is 2.67 bits per heavy atom. The van der Waals surface area contributed by atoms with E-state index >= 15 is 0 Å². The minimum absolute atomic E-state index is 0.0665. The normalized spacial score (nSPS) is 11.2. The highest BCUT2D eigenvalue weighted by molar-refractivity contribution is 5.99. The maximum Gasteiger partial charge on any atom is 0.418 e. The van der Waals surface area contributed by atoms with Gasteiger partial charge in [-0.25, -0.2) is 9.97 Å². The van der Waals surface area contributed by atoms with Gasteiger partial charge >= 0.3 is 6.18 Å². The van der Waals surface area contributed by atoms with Gasteiger partial charge in [-0.2, -0.15) is 13.2 Å². The van der Waals surface area contributed by atoms with Crippen molar-refractivity contribution in [3.8, 4) is 0 Å². The Kier molecular flexibility index (Phi) is 4.06. The number of benzene rings is 1. The van der Waals surface area contributed by atoms with Crippen molar-refractivity contribution in [2.45, 2.75) is 12.7 Å². The van der Waals surface area contributed by atoms with Gasteiger partial charge in [0.2, 0.25) is 0 Å². The second-order valence-electron chi connectivity index (χ2n) is 4.15. The van der Waals surface area contributed by atoms with Crippen LogP contribution in [0.15, 0.2) is 36.8 Å². The number of carbonyl (C=O) groups is 1. The van der Waals surface area contributed by atoms with Crippen molar-refractivity contribution in [1.82, 2.24) is 15.3 Å². The molecule has 1 heterocycles. The SMILES string of the molecule is Nc1c(C(=O)NCc2ccncn2)cccc1C(F)(F)F. The first-order valence-electron chi connectivity index (χ1n) is 5.88. The van der Waals surface area contributed by atoms with Crippen LogP contribution in [0, 0.1) is 0 Å². The number of halogens is 3. The molecule has 1 aromatic heterocycles. The van der Waals surface area contributed by atoms with E-state index in [0.29, 0.717) is 5.69 Å². The first-order chi connectivity index (χ1) is 9.89. The summed E-state index contributed by atoms with van der Waals surface area (Å²) in [5.74, 6) is -0.697. The monoisotopic (exact) mass is 296 g/mol. The Labute approximate surface area is 118 Å². The molecule has 0 radical (unpaired) electrons. The molecule has 0 fully saturated rings. The number of nitrogens with zero attached hydrogens (tertiary/aromatic N) is 2. The molecule has 110 valence electrons.